The van der Waals surface area contributed by atoms with Crippen LogP contribution in [-0.4, -0.2) is 36.1 Å². The number of pyridine rings is 1. The molecule has 0 saturated carbocycles. The fourth-order valence-electron chi connectivity index (χ4n) is 4.89. The number of methoxy groups -OCH3 is 1. The van der Waals surface area contributed by atoms with Crippen LogP contribution >= 0.6 is 0 Å². The zero-order valence-corrected chi connectivity index (χ0v) is 18.7. The predicted molar refractivity (Wildman–Crippen MR) is 132 cm³/mol. The average molecular weight is 438 g/mol. The summed E-state index contributed by atoms with van der Waals surface area (Å²) >= 11 is 0. The Kier molecular flexibility index (Phi) is 5.69. The summed E-state index contributed by atoms with van der Waals surface area (Å²) in [6.07, 6.45) is 1.73. The zero-order valence-electron chi connectivity index (χ0n) is 18.7. The van der Waals surface area contributed by atoms with Gasteiger partial charge in [0.25, 0.3) is 0 Å². The standard InChI is InChI=1S/C28H27N3O2/c1-33-26-25(20-21-10-8-9-15-24(21)29-26)30-27(32)31-18-16-28(17-19-31,22-11-4-2-5-12-22)23-13-6-3-7-14-23/h2-15,20H,16-19H2,1H3,(H,30,32). The number of ether oxygens (including phenoxy) is 1. The highest BCUT2D eigenvalue weighted by atomic mass is 16.5. The van der Waals surface area contributed by atoms with Gasteiger partial charge in [-0.1, -0.05) is 78.9 Å². The van der Waals surface area contributed by atoms with Crippen LogP contribution in [0.15, 0.2) is 91.0 Å². The first-order chi connectivity index (χ1) is 16.2. The highest BCUT2D eigenvalue weighted by molar-refractivity contribution is 5.94. The fraction of sp³-hybridized carbons (Fsp3) is 0.214. The maximum absolute atomic E-state index is 13.2. The number of nitrogens with one attached hydrogen (secondary N) is 1. The van der Waals surface area contributed by atoms with Crippen molar-refractivity contribution >= 4 is 22.6 Å². The third-order valence-corrected chi connectivity index (χ3v) is 6.68. The van der Waals surface area contributed by atoms with Crippen LogP contribution in [0.1, 0.15) is 24.0 Å². The first-order valence-electron chi connectivity index (χ1n) is 11.3. The number of benzene rings is 3. The number of fused-ring (bicyclic) bond motifs is 1. The number of anilines is 1. The molecule has 166 valence electrons. The van der Waals surface area contributed by atoms with Gasteiger partial charge in [-0.25, -0.2) is 9.78 Å². The minimum Gasteiger partial charge on any atom is -0.479 e. The van der Waals surface area contributed by atoms with Crippen LogP contribution in [0.25, 0.3) is 10.9 Å². The second-order valence-electron chi connectivity index (χ2n) is 8.47. The van der Waals surface area contributed by atoms with E-state index in [2.05, 4.69) is 71.0 Å². The van der Waals surface area contributed by atoms with Gasteiger partial charge in [-0.2, -0.15) is 0 Å². The van der Waals surface area contributed by atoms with Crippen molar-refractivity contribution in [3.05, 3.63) is 102 Å². The van der Waals surface area contributed by atoms with Gasteiger partial charge in [-0.3, -0.25) is 0 Å². The molecule has 0 aliphatic carbocycles. The number of carbonyl (C=O) groups is 1. The van der Waals surface area contributed by atoms with Gasteiger partial charge in [0.15, 0.2) is 0 Å². The summed E-state index contributed by atoms with van der Waals surface area (Å²) in [6.45, 7) is 1.33. The lowest BCUT2D eigenvalue weighted by Crippen LogP contribution is -2.47. The van der Waals surface area contributed by atoms with E-state index >= 15 is 0 Å². The summed E-state index contributed by atoms with van der Waals surface area (Å²) in [6, 6.07) is 30.9. The van der Waals surface area contributed by atoms with Crippen LogP contribution in [0, 0.1) is 0 Å². The number of likely N-dealkylation sites (tertiary alicyclic amines) is 1. The van der Waals surface area contributed by atoms with Crippen LogP contribution in [-0.2, 0) is 5.41 Å². The molecule has 3 aromatic carbocycles. The van der Waals surface area contributed by atoms with Gasteiger partial charge in [0.2, 0.25) is 5.88 Å². The second-order valence-corrected chi connectivity index (χ2v) is 8.47. The van der Waals surface area contributed by atoms with Crippen molar-refractivity contribution < 1.29 is 9.53 Å². The molecule has 2 amide bonds. The van der Waals surface area contributed by atoms with Gasteiger partial charge >= 0.3 is 6.03 Å². The van der Waals surface area contributed by atoms with E-state index in [1.807, 2.05) is 35.2 Å². The Morgan fingerprint density at radius 3 is 2.06 bits per heavy atom. The number of para-hydroxylation sites is 1. The van der Waals surface area contributed by atoms with E-state index in [0.717, 1.165) is 23.7 Å². The molecule has 0 unspecified atom stereocenters. The normalized spacial score (nSPS) is 15.2. The molecular weight excluding hydrogens is 410 g/mol. The lowest BCUT2D eigenvalue weighted by atomic mass is 9.68. The second kappa shape index (κ2) is 8.94. The molecule has 5 heteroatoms. The van der Waals surface area contributed by atoms with Crippen molar-refractivity contribution in [2.24, 2.45) is 0 Å². The Bertz CT molecular complexity index is 1210. The van der Waals surface area contributed by atoms with Crippen LogP contribution < -0.4 is 10.1 Å². The summed E-state index contributed by atoms with van der Waals surface area (Å²) in [5.74, 6) is 0.418. The highest BCUT2D eigenvalue weighted by Crippen LogP contribution is 2.41. The maximum atomic E-state index is 13.2. The van der Waals surface area contributed by atoms with Gasteiger partial charge in [-0.05, 0) is 36.1 Å². The molecule has 1 N–H and O–H groups in total. The number of nitrogens with zero attached hydrogens (tertiary/aromatic N) is 2. The summed E-state index contributed by atoms with van der Waals surface area (Å²) < 4.78 is 5.45. The van der Waals surface area contributed by atoms with Crippen molar-refractivity contribution in [1.29, 1.82) is 0 Å². The molecular formula is C28H27N3O2. The summed E-state index contributed by atoms with van der Waals surface area (Å²) in [5.41, 5.74) is 3.93. The van der Waals surface area contributed by atoms with E-state index in [4.69, 9.17) is 4.74 Å². The van der Waals surface area contributed by atoms with Gasteiger partial charge in [0.1, 0.15) is 5.69 Å². The minimum absolute atomic E-state index is 0.0957. The monoisotopic (exact) mass is 437 g/mol. The number of piperidine rings is 1. The van der Waals surface area contributed by atoms with E-state index < -0.39 is 0 Å². The molecule has 1 aromatic heterocycles. The first kappa shape index (κ1) is 21.0. The highest BCUT2D eigenvalue weighted by Gasteiger charge is 2.38. The summed E-state index contributed by atoms with van der Waals surface area (Å²) in [7, 11) is 1.57. The van der Waals surface area contributed by atoms with Crippen LogP contribution in [0.4, 0.5) is 10.5 Å². The van der Waals surface area contributed by atoms with Crippen molar-refractivity contribution in [2.45, 2.75) is 18.3 Å². The molecule has 1 fully saturated rings. The predicted octanol–water partition coefficient (Wildman–Crippen LogP) is 5.86. The van der Waals surface area contributed by atoms with Crippen LogP contribution in [0.2, 0.25) is 0 Å². The van der Waals surface area contributed by atoms with E-state index in [0.29, 0.717) is 24.7 Å². The smallest absolute Gasteiger partial charge is 0.321 e. The average Bonchev–Trinajstić information content (AvgIpc) is 2.89. The number of hydrogen-bond donors (Lipinski definition) is 1. The lowest BCUT2D eigenvalue weighted by molar-refractivity contribution is 0.180. The summed E-state index contributed by atoms with van der Waals surface area (Å²) in [4.78, 5) is 19.6. The van der Waals surface area contributed by atoms with Gasteiger partial charge in [0.05, 0.1) is 12.6 Å². The molecule has 0 radical (unpaired) electrons. The Hall–Kier alpha value is -3.86. The molecule has 1 aliphatic rings. The summed E-state index contributed by atoms with van der Waals surface area (Å²) in [5, 5.41) is 3.99. The third-order valence-electron chi connectivity index (χ3n) is 6.68. The number of hydrogen-bond acceptors (Lipinski definition) is 3. The molecule has 33 heavy (non-hydrogen) atoms. The lowest BCUT2D eigenvalue weighted by Gasteiger charge is -2.42. The molecule has 0 atom stereocenters. The first-order valence-corrected chi connectivity index (χ1v) is 11.3. The Balaban J connectivity index is 1.37. The van der Waals surface area contributed by atoms with Crippen molar-refractivity contribution in [3.8, 4) is 5.88 Å². The largest absolute Gasteiger partial charge is 0.479 e. The van der Waals surface area contributed by atoms with Crippen molar-refractivity contribution in [2.75, 3.05) is 25.5 Å². The van der Waals surface area contributed by atoms with E-state index in [9.17, 15) is 4.79 Å². The SMILES string of the molecule is COc1nc2ccccc2cc1NC(=O)N1CCC(c2ccccc2)(c2ccccc2)CC1. The molecule has 4 aromatic rings. The van der Waals surface area contributed by atoms with E-state index in [1.165, 1.54) is 11.1 Å². The van der Waals surface area contributed by atoms with Gasteiger partial charge < -0.3 is 15.0 Å². The molecule has 1 aliphatic heterocycles. The van der Waals surface area contributed by atoms with Gasteiger partial charge in [0, 0.05) is 23.9 Å². The Labute approximate surface area is 194 Å². The maximum Gasteiger partial charge on any atom is 0.321 e. The van der Waals surface area contributed by atoms with Crippen LogP contribution in [0.5, 0.6) is 5.88 Å². The number of urea groups is 1. The number of amides is 2. The Morgan fingerprint density at radius 1 is 0.879 bits per heavy atom. The molecule has 0 spiro atoms. The van der Waals surface area contributed by atoms with E-state index in [-0.39, 0.29) is 11.4 Å². The third kappa shape index (κ3) is 4.02. The molecule has 5 nitrogen and oxygen atoms in total. The molecule has 1 saturated heterocycles. The quantitative estimate of drug-likeness (QED) is 0.435. The number of aromatic nitrogens is 1. The molecule has 0 bridgehead atoms. The van der Waals surface area contributed by atoms with Crippen molar-refractivity contribution in [1.82, 2.24) is 9.88 Å². The minimum atomic E-state index is -0.125. The zero-order chi connectivity index (χ0) is 22.7. The fourth-order valence-corrected chi connectivity index (χ4v) is 4.89. The van der Waals surface area contributed by atoms with Crippen LogP contribution in [0.3, 0.4) is 0 Å². The van der Waals surface area contributed by atoms with Crippen molar-refractivity contribution in [3.63, 3.8) is 0 Å². The molecule has 2 heterocycles. The topological polar surface area (TPSA) is 54.5 Å². The number of rotatable bonds is 4. The van der Waals surface area contributed by atoms with E-state index in [1.54, 1.807) is 7.11 Å². The molecule has 5 rings (SSSR count). The Morgan fingerprint density at radius 2 is 1.45 bits per heavy atom. The number of carbonyl (C=O) groups excluding carboxylic acids is 1. The van der Waals surface area contributed by atoms with Gasteiger partial charge in [-0.15, -0.1) is 0 Å².